The maximum Gasteiger partial charge on any atom is 0.227 e. The molecule has 0 fully saturated rings. The fourth-order valence-corrected chi connectivity index (χ4v) is 3.96. The Balaban J connectivity index is 1.44. The Kier molecular flexibility index (Phi) is 4.01. The highest BCUT2D eigenvalue weighted by atomic mass is 16.2. The van der Waals surface area contributed by atoms with E-state index in [9.17, 15) is 4.79 Å². The lowest BCUT2D eigenvalue weighted by molar-refractivity contribution is -0.132. The summed E-state index contributed by atoms with van der Waals surface area (Å²) in [6.07, 6.45) is 3.90. The Labute approximate surface area is 163 Å². The molecule has 0 N–H and O–H groups in total. The van der Waals surface area contributed by atoms with Gasteiger partial charge in [0.15, 0.2) is 0 Å². The predicted molar refractivity (Wildman–Crippen MR) is 107 cm³/mol. The quantitative estimate of drug-likeness (QED) is 0.713. The van der Waals surface area contributed by atoms with Crippen LogP contribution in [0.1, 0.15) is 38.9 Å². The average molecular weight is 368 g/mol. The van der Waals surface area contributed by atoms with Crippen molar-refractivity contribution >= 4 is 11.6 Å². The molecular weight excluding hydrogens is 348 g/mol. The molecule has 0 bridgehead atoms. The van der Waals surface area contributed by atoms with Crippen LogP contribution in [0.2, 0.25) is 0 Å². The molecule has 138 valence electrons. The largest absolute Gasteiger partial charge is 0.334 e. The molecule has 1 aromatic heterocycles. The van der Waals surface area contributed by atoms with E-state index in [-0.39, 0.29) is 5.91 Å². The van der Waals surface area contributed by atoms with E-state index in [2.05, 4.69) is 53.5 Å². The molecule has 0 radical (unpaired) electrons. The van der Waals surface area contributed by atoms with E-state index in [1.807, 2.05) is 11.0 Å². The van der Waals surface area contributed by atoms with E-state index >= 15 is 0 Å². The highest BCUT2D eigenvalue weighted by molar-refractivity contribution is 6.15. The first-order valence-electron chi connectivity index (χ1n) is 9.47. The van der Waals surface area contributed by atoms with Crippen LogP contribution in [0.25, 0.3) is 0 Å². The number of nitrogens with zero attached hydrogens (tertiary/aromatic N) is 4. The molecule has 0 saturated heterocycles. The lowest BCUT2D eigenvalue weighted by Gasteiger charge is -2.29. The van der Waals surface area contributed by atoms with Gasteiger partial charge in [-0.25, -0.2) is 0 Å². The lowest BCUT2D eigenvalue weighted by atomic mass is 9.91. The van der Waals surface area contributed by atoms with Gasteiger partial charge in [-0.3, -0.25) is 9.79 Å². The highest BCUT2D eigenvalue weighted by Crippen LogP contribution is 2.30. The maximum atomic E-state index is 12.7. The number of carbonyl (C=O) groups excluding carboxylic acids is 1. The van der Waals surface area contributed by atoms with Crippen LogP contribution >= 0.6 is 0 Å². The number of benzene rings is 2. The summed E-state index contributed by atoms with van der Waals surface area (Å²) in [5.41, 5.74) is 9.02. The van der Waals surface area contributed by atoms with Crippen molar-refractivity contribution in [2.45, 2.75) is 33.0 Å². The molecule has 2 aromatic carbocycles. The number of hydrogen-bond acceptors (Lipinski definition) is 4. The van der Waals surface area contributed by atoms with Crippen LogP contribution in [0.15, 0.2) is 59.9 Å². The summed E-state index contributed by atoms with van der Waals surface area (Å²) in [5.74, 6) is 0.186. The zero-order valence-corrected chi connectivity index (χ0v) is 15.7. The normalized spacial score (nSPS) is 15.2. The van der Waals surface area contributed by atoms with E-state index in [1.54, 1.807) is 12.4 Å². The lowest BCUT2D eigenvalue weighted by Crippen LogP contribution is -2.35. The number of rotatable bonds is 3. The van der Waals surface area contributed by atoms with Crippen LogP contribution in [0.5, 0.6) is 0 Å². The Morgan fingerprint density at radius 2 is 1.86 bits per heavy atom. The minimum atomic E-state index is 0.186. The van der Waals surface area contributed by atoms with Crippen molar-refractivity contribution in [1.29, 1.82) is 0 Å². The number of carbonyl (C=O) groups is 1. The molecule has 5 rings (SSSR count). The van der Waals surface area contributed by atoms with Gasteiger partial charge in [0.2, 0.25) is 5.91 Å². The Hall–Kier alpha value is -3.34. The van der Waals surface area contributed by atoms with Gasteiger partial charge in [-0.05, 0) is 41.3 Å². The van der Waals surface area contributed by atoms with E-state index < -0.39 is 0 Å². The maximum absolute atomic E-state index is 12.7. The molecule has 5 heteroatoms. The summed E-state index contributed by atoms with van der Waals surface area (Å²) in [4.78, 5) is 19.3. The second-order valence-electron chi connectivity index (χ2n) is 7.49. The molecule has 0 aliphatic carbocycles. The molecule has 3 aromatic rings. The second kappa shape index (κ2) is 6.68. The molecule has 3 heterocycles. The fraction of sp³-hybridized carbons (Fsp3) is 0.217. The summed E-state index contributed by atoms with van der Waals surface area (Å²) >= 11 is 0. The van der Waals surface area contributed by atoms with Gasteiger partial charge in [-0.2, -0.15) is 10.2 Å². The molecule has 1 amide bonds. The van der Waals surface area contributed by atoms with Crippen molar-refractivity contribution in [3.05, 3.63) is 93.8 Å². The molecule has 28 heavy (non-hydrogen) atoms. The van der Waals surface area contributed by atoms with Crippen molar-refractivity contribution in [2.24, 2.45) is 4.99 Å². The van der Waals surface area contributed by atoms with Crippen LogP contribution in [0.3, 0.4) is 0 Å². The first kappa shape index (κ1) is 16.8. The van der Waals surface area contributed by atoms with Gasteiger partial charge in [-0.1, -0.05) is 35.9 Å². The standard InChI is InChI=1S/C23H20N4O/c1-15-2-4-16(5-3-15)13-27-14-20-9-21-19(8-18(20)10-22(27)28)11-24-23(21)17-6-7-25-26-12-17/h2-9,12H,10-11,13-14H2,1H3. The Morgan fingerprint density at radius 1 is 1.00 bits per heavy atom. The first-order valence-corrected chi connectivity index (χ1v) is 9.47. The molecule has 2 aliphatic rings. The second-order valence-corrected chi connectivity index (χ2v) is 7.49. The number of hydrogen-bond donors (Lipinski definition) is 0. The number of aryl methyl sites for hydroxylation is 1. The van der Waals surface area contributed by atoms with Gasteiger partial charge in [0.1, 0.15) is 0 Å². The summed E-state index contributed by atoms with van der Waals surface area (Å²) < 4.78 is 0. The Morgan fingerprint density at radius 3 is 2.64 bits per heavy atom. The van der Waals surface area contributed by atoms with Crippen molar-refractivity contribution in [3.63, 3.8) is 0 Å². The van der Waals surface area contributed by atoms with E-state index in [0.717, 1.165) is 28.0 Å². The minimum absolute atomic E-state index is 0.186. The smallest absolute Gasteiger partial charge is 0.227 e. The van der Waals surface area contributed by atoms with Crippen LogP contribution < -0.4 is 0 Å². The third-order valence-corrected chi connectivity index (χ3v) is 5.50. The number of fused-ring (bicyclic) bond motifs is 2. The average Bonchev–Trinajstić information content (AvgIpc) is 3.12. The van der Waals surface area contributed by atoms with Gasteiger partial charge >= 0.3 is 0 Å². The van der Waals surface area contributed by atoms with Crippen LogP contribution in [-0.4, -0.2) is 26.7 Å². The number of amides is 1. The van der Waals surface area contributed by atoms with Gasteiger partial charge in [0.05, 0.1) is 31.1 Å². The van der Waals surface area contributed by atoms with Gasteiger partial charge in [0, 0.05) is 24.2 Å². The molecule has 5 nitrogen and oxygen atoms in total. The van der Waals surface area contributed by atoms with E-state index in [4.69, 9.17) is 4.99 Å². The monoisotopic (exact) mass is 368 g/mol. The predicted octanol–water partition coefficient (Wildman–Crippen LogP) is 3.22. The van der Waals surface area contributed by atoms with Crippen molar-refractivity contribution in [3.8, 4) is 0 Å². The molecule has 0 unspecified atom stereocenters. The van der Waals surface area contributed by atoms with Crippen molar-refractivity contribution in [1.82, 2.24) is 15.1 Å². The molecule has 0 atom stereocenters. The first-order chi connectivity index (χ1) is 13.7. The summed E-state index contributed by atoms with van der Waals surface area (Å²) in [6, 6.07) is 14.7. The van der Waals surface area contributed by atoms with E-state index in [1.165, 1.54) is 16.7 Å². The molecule has 0 saturated carbocycles. The summed E-state index contributed by atoms with van der Waals surface area (Å²) in [6.45, 7) is 4.01. The van der Waals surface area contributed by atoms with Crippen molar-refractivity contribution < 1.29 is 4.79 Å². The zero-order chi connectivity index (χ0) is 19.1. The molecule has 2 aliphatic heterocycles. The van der Waals surface area contributed by atoms with Gasteiger partial charge in [0.25, 0.3) is 0 Å². The SMILES string of the molecule is Cc1ccc(CN2Cc3cc4c(cc3CC2=O)CN=C4c2ccnnc2)cc1. The summed E-state index contributed by atoms with van der Waals surface area (Å²) in [5, 5.41) is 7.84. The highest BCUT2D eigenvalue weighted by Gasteiger charge is 2.27. The fourth-order valence-electron chi connectivity index (χ4n) is 3.96. The summed E-state index contributed by atoms with van der Waals surface area (Å²) in [7, 11) is 0. The van der Waals surface area contributed by atoms with Gasteiger partial charge in [-0.15, -0.1) is 0 Å². The number of aliphatic imine (C=N–C) groups is 1. The van der Waals surface area contributed by atoms with Crippen LogP contribution in [0, 0.1) is 6.92 Å². The Bertz CT molecular complexity index is 1090. The van der Waals surface area contributed by atoms with Crippen molar-refractivity contribution in [2.75, 3.05) is 0 Å². The number of aromatic nitrogens is 2. The van der Waals surface area contributed by atoms with Crippen LogP contribution in [0.4, 0.5) is 0 Å². The molecule has 0 spiro atoms. The minimum Gasteiger partial charge on any atom is -0.334 e. The van der Waals surface area contributed by atoms with Crippen LogP contribution in [-0.2, 0) is 30.8 Å². The third-order valence-electron chi connectivity index (χ3n) is 5.50. The van der Waals surface area contributed by atoms with E-state index in [0.29, 0.717) is 26.1 Å². The topological polar surface area (TPSA) is 58.5 Å². The van der Waals surface area contributed by atoms with Gasteiger partial charge < -0.3 is 4.90 Å². The third kappa shape index (κ3) is 2.99. The zero-order valence-electron chi connectivity index (χ0n) is 15.7. The molecular formula is C23H20N4O.